The fraction of sp³-hybridized carbons (Fsp3) is 0.909. The van der Waals surface area contributed by atoms with Gasteiger partial charge in [0.25, 0.3) is 0 Å². The van der Waals surface area contributed by atoms with Crippen molar-refractivity contribution in [2.24, 2.45) is 5.92 Å². The Kier molecular flexibility index (Phi) is 2.77. The number of carboxylic acids is 1. The van der Waals surface area contributed by atoms with Gasteiger partial charge in [0.05, 0.1) is 6.54 Å². The van der Waals surface area contributed by atoms with Crippen molar-refractivity contribution in [1.29, 1.82) is 0 Å². The molecule has 2 saturated carbocycles. The van der Waals surface area contributed by atoms with Gasteiger partial charge in [-0.15, -0.1) is 0 Å². The average molecular weight is 197 g/mol. The number of hydrogen-bond donors (Lipinski definition) is 1. The van der Waals surface area contributed by atoms with Gasteiger partial charge in [0.1, 0.15) is 0 Å². The maximum atomic E-state index is 10.7. The van der Waals surface area contributed by atoms with E-state index in [0.29, 0.717) is 12.1 Å². The molecule has 3 nitrogen and oxygen atoms in total. The second-order valence-corrected chi connectivity index (χ2v) is 4.87. The first-order chi connectivity index (χ1) is 6.66. The van der Waals surface area contributed by atoms with E-state index >= 15 is 0 Å². The van der Waals surface area contributed by atoms with E-state index in [9.17, 15) is 4.79 Å². The van der Waals surface area contributed by atoms with E-state index in [1.165, 1.54) is 32.1 Å². The third-order valence-corrected chi connectivity index (χ3v) is 3.47. The maximum Gasteiger partial charge on any atom is 0.317 e. The Morgan fingerprint density at radius 3 is 2.36 bits per heavy atom. The van der Waals surface area contributed by atoms with E-state index in [4.69, 9.17) is 5.11 Å². The lowest BCUT2D eigenvalue weighted by atomic mass is 10.1. The molecule has 2 aliphatic carbocycles. The van der Waals surface area contributed by atoms with Crippen LogP contribution in [0.15, 0.2) is 0 Å². The smallest absolute Gasteiger partial charge is 0.317 e. The summed E-state index contributed by atoms with van der Waals surface area (Å²) in [7, 11) is 0. The van der Waals surface area contributed by atoms with Crippen molar-refractivity contribution in [3.05, 3.63) is 0 Å². The Morgan fingerprint density at radius 2 is 1.93 bits per heavy atom. The highest BCUT2D eigenvalue weighted by molar-refractivity contribution is 5.69. The standard InChI is InChI=1S/C11H19NO2/c1-8-2-3-10(6-8)12(7-11(13)14)9-4-5-9/h8-10H,2-7H2,1H3,(H,13,14). The van der Waals surface area contributed by atoms with E-state index in [0.717, 1.165) is 5.92 Å². The summed E-state index contributed by atoms with van der Waals surface area (Å²) in [5.74, 6) is 0.117. The number of carbonyl (C=O) groups is 1. The van der Waals surface area contributed by atoms with Crippen LogP contribution >= 0.6 is 0 Å². The topological polar surface area (TPSA) is 40.5 Å². The van der Waals surface area contributed by atoms with Crippen LogP contribution in [-0.2, 0) is 4.79 Å². The molecular weight excluding hydrogens is 178 g/mol. The summed E-state index contributed by atoms with van der Waals surface area (Å²) < 4.78 is 0. The molecule has 2 rings (SSSR count). The van der Waals surface area contributed by atoms with E-state index in [1.807, 2.05) is 0 Å². The van der Waals surface area contributed by atoms with Crippen molar-refractivity contribution in [3.8, 4) is 0 Å². The van der Waals surface area contributed by atoms with E-state index in [-0.39, 0.29) is 6.54 Å². The Balaban J connectivity index is 1.92. The van der Waals surface area contributed by atoms with Crippen molar-refractivity contribution in [1.82, 2.24) is 4.90 Å². The van der Waals surface area contributed by atoms with Gasteiger partial charge in [-0.1, -0.05) is 6.92 Å². The molecule has 0 aromatic heterocycles. The number of carboxylic acid groups (broad SMARTS) is 1. The van der Waals surface area contributed by atoms with Crippen LogP contribution in [0.5, 0.6) is 0 Å². The zero-order chi connectivity index (χ0) is 10.1. The van der Waals surface area contributed by atoms with E-state index in [1.54, 1.807) is 0 Å². The summed E-state index contributed by atoms with van der Waals surface area (Å²) in [5, 5.41) is 8.85. The summed E-state index contributed by atoms with van der Waals surface area (Å²) in [6.45, 7) is 2.52. The molecule has 0 aliphatic heterocycles. The largest absolute Gasteiger partial charge is 0.480 e. The molecular formula is C11H19NO2. The molecule has 0 radical (unpaired) electrons. The van der Waals surface area contributed by atoms with Crippen LogP contribution in [0.3, 0.4) is 0 Å². The predicted molar refractivity (Wildman–Crippen MR) is 54.2 cm³/mol. The minimum Gasteiger partial charge on any atom is -0.480 e. The van der Waals surface area contributed by atoms with Gasteiger partial charge in [0.2, 0.25) is 0 Å². The van der Waals surface area contributed by atoms with Gasteiger partial charge >= 0.3 is 5.97 Å². The molecule has 14 heavy (non-hydrogen) atoms. The lowest BCUT2D eigenvalue weighted by Crippen LogP contribution is -2.39. The molecule has 2 fully saturated rings. The van der Waals surface area contributed by atoms with Gasteiger partial charge in [0, 0.05) is 12.1 Å². The average Bonchev–Trinajstić information content (AvgIpc) is 2.85. The molecule has 80 valence electrons. The summed E-state index contributed by atoms with van der Waals surface area (Å²) in [4.78, 5) is 13.0. The number of aliphatic carboxylic acids is 1. The molecule has 2 unspecified atom stereocenters. The summed E-state index contributed by atoms with van der Waals surface area (Å²) in [6.07, 6.45) is 6.08. The molecule has 0 aromatic rings. The van der Waals surface area contributed by atoms with Crippen molar-refractivity contribution in [2.45, 2.75) is 51.1 Å². The second-order valence-electron chi connectivity index (χ2n) is 4.87. The number of nitrogens with zero attached hydrogens (tertiary/aromatic N) is 1. The third-order valence-electron chi connectivity index (χ3n) is 3.47. The molecule has 0 saturated heterocycles. The fourth-order valence-corrected chi connectivity index (χ4v) is 2.60. The number of rotatable bonds is 4. The van der Waals surface area contributed by atoms with E-state index in [2.05, 4.69) is 11.8 Å². The minimum atomic E-state index is -0.670. The Labute approximate surface area is 85.1 Å². The van der Waals surface area contributed by atoms with Crippen molar-refractivity contribution >= 4 is 5.97 Å². The Bertz CT molecular complexity index is 225. The highest BCUT2D eigenvalue weighted by Gasteiger charge is 2.37. The third kappa shape index (κ3) is 2.27. The van der Waals surface area contributed by atoms with E-state index < -0.39 is 5.97 Å². The lowest BCUT2D eigenvalue weighted by molar-refractivity contribution is -0.139. The van der Waals surface area contributed by atoms with Crippen LogP contribution in [0.1, 0.15) is 39.0 Å². The highest BCUT2D eigenvalue weighted by Crippen LogP contribution is 2.36. The molecule has 2 atom stereocenters. The van der Waals surface area contributed by atoms with Crippen molar-refractivity contribution in [2.75, 3.05) is 6.54 Å². The van der Waals surface area contributed by atoms with Crippen LogP contribution in [0.2, 0.25) is 0 Å². The SMILES string of the molecule is CC1CCC(N(CC(=O)O)C2CC2)C1. The van der Waals surface area contributed by atoms with Gasteiger partial charge in [-0.3, -0.25) is 9.69 Å². The van der Waals surface area contributed by atoms with Gasteiger partial charge in [-0.25, -0.2) is 0 Å². The normalized spacial score (nSPS) is 32.4. The molecule has 0 spiro atoms. The minimum absolute atomic E-state index is 0.252. The number of hydrogen-bond acceptors (Lipinski definition) is 2. The van der Waals surface area contributed by atoms with Gasteiger partial charge in [-0.2, -0.15) is 0 Å². The molecule has 3 heteroatoms. The first-order valence-electron chi connectivity index (χ1n) is 5.64. The van der Waals surface area contributed by atoms with Gasteiger partial charge in [0.15, 0.2) is 0 Å². The van der Waals surface area contributed by atoms with Crippen LogP contribution in [0, 0.1) is 5.92 Å². The van der Waals surface area contributed by atoms with Crippen LogP contribution in [0.25, 0.3) is 0 Å². The van der Waals surface area contributed by atoms with Gasteiger partial charge in [-0.05, 0) is 38.0 Å². The Morgan fingerprint density at radius 1 is 1.29 bits per heavy atom. The summed E-state index contributed by atoms with van der Waals surface area (Å²) in [6, 6.07) is 1.13. The molecule has 0 amide bonds. The molecule has 0 bridgehead atoms. The fourth-order valence-electron chi connectivity index (χ4n) is 2.60. The lowest BCUT2D eigenvalue weighted by Gasteiger charge is -2.27. The summed E-state index contributed by atoms with van der Waals surface area (Å²) in [5.41, 5.74) is 0. The molecule has 0 aromatic carbocycles. The molecule has 1 N–H and O–H groups in total. The van der Waals surface area contributed by atoms with Crippen LogP contribution in [-0.4, -0.2) is 34.6 Å². The highest BCUT2D eigenvalue weighted by atomic mass is 16.4. The monoisotopic (exact) mass is 197 g/mol. The first-order valence-corrected chi connectivity index (χ1v) is 5.64. The van der Waals surface area contributed by atoms with Crippen LogP contribution in [0.4, 0.5) is 0 Å². The first kappa shape index (κ1) is 9.97. The zero-order valence-electron chi connectivity index (χ0n) is 8.78. The maximum absolute atomic E-state index is 10.7. The zero-order valence-corrected chi connectivity index (χ0v) is 8.78. The second kappa shape index (κ2) is 3.89. The van der Waals surface area contributed by atoms with Gasteiger partial charge < -0.3 is 5.11 Å². The predicted octanol–water partition coefficient (Wildman–Crippen LogP) is 1.72. The van der Waals surface area contributed by atoms with Crippen LogP contribution < -0.4 is 0 Å². The molecule has 2 aliphatic rings. The van der Waals surface area contributed by atoms with Crippen molar-refractivity contribution in [3.63, 3.8) is 0 Å². The quantitative estimate of drug-likeness (QED) is 0.746. The van der Waals surface area contributed by atoms with Crippen molar-refractivity contribution < 1.29 is 9.90 Å². The summed E-state index contributed by atoms with van der Waals surface area (Å²) >= 11 is 0. The Hall–Kier alpha value is -0.570. The molecule has 0 heterocycles.